The summed E-state index contributed by atoms with van der Waals surface area (Å²) >= 11 is 0. The van der Waals surface area contributed by atoms with Crippen LogP contribution in [0.15, 0.2) is 15.8 Å². The molecule has 2 saturated heterocycles. The quantitative estimate of drug-likeness (QED) is 0.682. The molecule has 3 unspecified atom stereocenters. The number of aromatic nitrogens is 2. The highest BCUT2D eigenvalue weighted by atomic mass is 16.5. The third-order valence-electron chi connectivity index (χ3n) is 5.55. The van der Waals surface area contributed by atoms with Crippen molar-refractivity contribution in [3.05, 3.63) is 32.6 Å². The Morgan fingerprint density at radius 2 is 1.93 bits per heavy atom. The van der Waals surface area contributed by atoms with Gasteiger partial charge in [-0.25, -0.2) is 4.79 Å². The molecule has 3 atom stereocenters. The van der Waals surface area contributed by atoms with Crippen LogP contribution in [0.25, 0.3) is 0 Å². The van der Waals surface area contributed by atoms with Crippen LogP contribution in [0.4, 0.5) is 0 Å². The molecule has 156 valence electrons. The van der Waals surface area contributed by atoms with Crippen LogP contribution in [-0.4, -0.2) is 75.8 Å². The van der Waals surface area contributed by atoms with Crippen molar-refractivity contribution in [2.24, 2.45) is 14.1 Å². The fraction of sp³-hybridized carbons (Fsp3) is 0.737. The summed E-state index contributed by atoms with van der Waals surface area (Å²) in [7, 11) is 3.12. The highest BCUT2D eigenvalue weighted by Crippen LogP contribution is 2.15. The summed E-state index contributed by atoms with van der Waals surface area (Å²) in [6.07, 6.45) is 2.55. The summed E-state index contributed by atoms with van der Waals surface area (Å²) in [4.78, 5) is 41.4. The molecule has 3 heterocycles. The number of amides is 1. The van der Waals surface area contributed by atoms with Crippen LogP contribution in [0.5, 0.6) is 0 Å². The first-order chi connectivity index (χ1) is 13.3. The largest absolute Gasteiger partial charge is 0.372 e. The van der Waals surface area contributed by atoms with E-state index in [-0.39, 0.29) is 42.0 Å². The van der Waals surface area contributed by atoms with E-state index in [1.807, 2.05) is 18.7 Å². The van der Waals surface area contributed by atoms with Crippen molar-refractivity contribution in [1.29, 1.82) is 0 Å². The van der Waals surface area contributed by atoms with E-state index in [1.54, 1.807) is 13.2 Å². The van der Waals surface area contributed by atoms with Crippen molar-refractivity contribution in [2.45, 2.75) is 45.1 Å². The molecule has 0 aromatic carbocycles. The van der Waals surface area contributed by atoms with Gasteiger partial charge >= 0.3 is 5.69 Å². The summed E-state index contributed by atoms with van der Waals surface area (Å²) in [5.41, 5.74) is -0.136. The highest BCUT2D eigenvalue weighted by molar-refractivity contribution is 5.78. The molecule has 0 bridgehead atoms. The SMILES string of the molecule is CC1CN(C(=O)CN(Cc2cn(C)c(=O)n(C)c2=O)C2CCNC2)CC(C)O1. The lowest BCUT2D eigenvalue weighted by Crippen LogP contribution is -2.52. The second kappa shape index (κ2) is 8.59. The summed E-state index contributed by atoms with van der Waals surface area (Å²) in [6, 6.07) is 0.182. The first kappa shape index (κ1) is 20.8. The number of nitrogens with one attached hydrogen (secondary N) is 1. The van der Waals surface area contributed by atoms with Crippen LogP contribution in [0.1, 0.15) is 25.8 Å². The summed E-state index contributed by atoms with van der Waals surface area (Å²) < 4.78 is 8.26. The Balaban J connectivity index is 1.79. The molecule has 0 saturated carbocycles. The Labute approximate surface area is 164 Å². The summed E-state index contributed by atoms with van der Waals surface area (Å²) in [6.45, 7) is 7.39. The molecule has 0 aliphatic carbocycles. The maximum absolute atomic E-state index is 13.0. The standard InChI is InChI=1S/C19H31N5O4/c1-13-8-24(9-14(2)28-13)17(25)12-23(16-5-6-20-7-16)11-15-10-21(3)19(27)22(4)18(15)26/h10,13-14,16,20H,5-9,11-12H2,1-4H3. The number of carbonyl (C=O) groups is 1. The lowest BCUT2D eigenvalue weighted by atomic mass is 10.1. The lowest BCUT2D eigenvalue weighted by Gasteiger charge is -2.37. The number of hydrogen-bond acceptors (Lipinski definition) is 6. The third kappa shape index (κ3) is 4.53. The van der Waals surface area contributed by atoms with Crippen molar-refractivity contribution < 1.29 is 9.53 Å². The van der Waals surface area contributed by atoms with Gasteiger partial charge in [-0.3, -0.25) is 19.1 Å². The van der Waals surface area contributed by atoms with Crippen LogP contribution in [0.2, 0.25) is 0 Å². The number of aryl methyl sites for hydroxylation is 1. The van der Waals surface area contributed by atoms with E-state index in [1.165, 1.54) is 11.6 Å². The second-order valence-corrected chi connectivity index (χ2v) is 8.02. The zero-order chi connectivity index (χ0) is 20.4. The zero-order valence-corrected chi connectivity index (χ0v) is 17.2. The Morgan fingerprint density at radius 1 is 1.25 bits per heavy atom. The molecule has 1 aromatic rings. The molecular formula is C19H31N5O4. The fourth-order valence-electron chi connectivity index (χ4n) is 4.13. The number of hydrogen-bond donors (Lipinski definition) is 1. The Bertz CT molecular complexity index is 817. The van der Waals surface area contributed by atoms with Crippen LogP contribution in [-0.2, 0) is 30.2 Å². The van der Waals surface area contributed by atoms with E-state index < -0.39 is 0 Å². The summed E-state index contributed by atoms with van der Waals surface area (Å²) in [5.74, 6) is 0.0514. The van der Waals surface area contributed by atoms with Crippen LogP contribution < -0.4 is 16.6 Å². The predicted octanol–water partition coefficient (Wildman–Crippen LogP) is -1.12. The first-order valence-corrected chi connectivity index (χ1v) is 9.89. The minimum absolute atomic E-state index is 0.0187. The van der Waals surface area contributed by atoms with E-state index in [9.17, 15) is 14.4 Å². The molecule has 1 aromatic heterocycles. The first-order valence-electron chi connectivity index (χ1n) is 9.89. The minimum Gasteiger partial charge on any atom is -0.372 e. The van der Waals surface area contributed by atoms with E-state index >= 15 is 0 Å². The van der Waals surface area contributed by atoms with Crippen molar-refractivity contribution >= 4 is 5.91 Å². The topological polar surface area (TPSA) is 88.8 Å². The molecule has 9 nitrogen and oxygen atoms in total. The van der Waals surface area contributed by atoms with E-state index in [0.29, 0.717) is 25.2 Å². The van der Waals surface area contributed by atoms with Gasteiger partial charge in [-0.15, -0.1) is 0 Å². The zero-order valence-electron chi connectivity index (χ0n) is 17.2. The Morgan fingerprint density at radius 3 is 2.54 bits per heavy atom. The number of ether oxygens (including phenoxy) is 1. The maximum Gasteiger partial charge on any atom is 0.330 e. The fourth-order valence-corrected chi connectivity index (χ4v) is 4.13. The number of morpholine rings is 1. The van der Waals surface area contributed by atoms with Crippen molar-refractivity contribution in [1.82, 2.24) is 24.3 Å². The number of rotatable bonds is 5. The molecule has 1 N–H and O–H groups in total. The van der Waals surface area contributed by atoms with Crippen LogP contribution >= 0.6 is 0 Å². The third-order valence-corrected chi connectivity index (χ3v) is 5.55. The molecule has 0 radical (unpaired) electrons. The van der Waals surface area contributed by atoms with E-state index in [4.69, 9.17) is 4.74 Å². The molecule has 2 aliphatic heterocycles. The molecule has 3 rings (SSSR count). The van der Waals surface area contributed by atoms with Gasteiger partial charge in [-0.05, 0) is 26.8 Å². The van der Waals surface area contributed by atoms with Gasteiger partial charge in [-0.2, -0.15) is 0 Å². The molecule has 1 amide bonds. The molecule has 0 spiro atoms. The molecule has 2 fully saturated rings. The van der Waals surface area contributed by atoms with Gasteiger partial charge in [0, 0.05) is 58.1 Å². The molecule has 2 aliphatic rings. The van der Waals surface area contributed by atoms with Gasteiger partial charge in [0.1, 0.15) is 0 Å². The average Bonchev–Trinajstić information content (AvgIpc) is 3.17. The Kier molecular flexibility index (Phi) is 6.36. The van der Waals surface area contributed by atoms with E-state index in [2.05, 4.69) is 10.2 Å². The van der Waals surface area contributed by atoms with E-state index in [0.717, 1.165) is 24.1 Å². The van der Waals surface area contributed by atoms with Crippen molar-refractivity contribution in [2.75, 3.05) is 32.7 Å². The lowest BCUT2D eigenvalue weighted by molar-refractivity contribution is -0.145. The maximum atomic E-state index is 13.0. The summed E-state index contributed by atoms with van der Waals surface area (Å²) in [5, 5.41) is 3.33. The van der Waals surface area contributed by atoms with Crippen molar-refractivity contribution in [3.8, 4) is 0 Å². The molecule has 9 heteroatoms. The van der Waals surface area contributed by atoms with Crippen LogP contribution in [0.3, 0.4) is 0 Å². The monoisotopic (exact) mass is 393 g/mol. The van der Waals surface area contributed by atoms with Gasteiger partial charge in [-0.1, -0.05) is 0 Å². The van der Waals surface area contributed by atoms with Gasteiger partial charge < -0.3 is 19.5 Å². The second-order valence-electron chi connectivity index (χ2n) is 8.02. The smallest absolute Gasteiger partial charge is 0.330 e. The van der Waals surface area contributed by atoms with Crippen molar-refractivity contribution in [3.63, 3.8) is 0 Å². The normalized spacial score (nSPS) is 25.5. The minimum atomic E-state index is -0.352. The van der Waals surface area contributed by atoms with Gasteiger partial charge in [0.15, 0.2) is 0 Å². The Hall–Kier alpha value is -1.97. The van der Waals surface area contributed by atoms with Crippen LogP contribution in [0, 0.1) is 0 Å². The number of carbonyl (C=O) groups excluding carboxylic acids is 1. The van der Waals surface area contributed by atoms with Gasteiger partial charge in [0.05, 0.1) is 18.8 Å². The molecule has 28 heavy (non-hydrogen) atoms. The number of nitrogens with zero attached hydrogens (tertiary/aromatic N) is 4. The van der Waals surface area contributed by atoms with Gasteiger partial charge in [0.2, 0.25) is 5.91 Å². The highest BCUT2D eigenvalue weighted by Gasteiger charge is 2.30. The molecular weight excluding hydrogens is 362 g/mol. The average molecular weight is 393 g/mol. The predicted molar refractivity (Wildman–Crippen MR) is 105 cm³/mol. The van der Waals surface area contributed by atoms with Gasteiger partial charge in [0.25, 0.3) is 5.56 Å².